The van der Waals surface area contributed by atoms with Gasteiger partial charge in [-0.05, 0) is 47.4 Å². The van der Waals surface area contributed by atoms with E-state index in [0.717, 1.165) is 27.2 Å². The quantitative estimate of drug-likeness (QED) is 0.284. The number of nitrogens with zero attached hydrogens (tertiary/aromatic N) is 1. The average molecular weight is 492 g/mol. The summed E-state index contributed by atoms with van der Waals surface area (Å²) in [6, 6.07) is 20.1. The topological polar surface area (TPSA) is 63.7 Å². The van der Waals surface area contributed by atoms with E-state index in [2.05, 4.69) is 0 Å². The minimum absolute atomic E-state index is 0.103. The number of carbonyl (C=O) groups excluding carboxylic acids is 3. The van der Waals surface area contributed by atoms with Gasteiger partial charge in [-0.25, -0.2) is 9.69 Å². The van der Waals surface area contributed by atoms with E-state index in [1.807, 2.05) is 48.5 Å². The summed E-state index contributed by atoms with van der Waals surface area (Å²) in [5, 5.41) is 0.187. The van der Waals surface area contributed by atoms with Gasteiger partial charge in [0, 0.05) is 5.92 Å². The second-order valence-electron chi connectivity index (χ2n) is 8.76. The molecule has 3 aromatic rings. The number of halogens is 2. The maximum absolute atomic E-state index is 13.9. The van der Waals surface area contributed by atoms with Crippen molar-refractivity contribution in [3.05, 3.63) is 99.6 Å². The van der Waals surface area contributed by atoms with Crippen LogP contribution in [0.25, 0.3) is 0 Å². The molecule has 0 saturated carbocycles. The van der Waals surface area contributed by atoms with Gasteiger partial charge >= 0.3 is 5.97 Å². The van der Waals surface area contributed by atoms with Crippen LogP contribution >= 0.6 is 23.2 Å². The fourth-order valence-electron chi connectivity index (χ4n) is 5.95. The van der Waals surface area contributed by atoms with Gasteiger partial charge < -0.3 is 4.74 Å². The first kappa shape index (κ1) is 21.4. The van der Waals surface area contributed by atoms with Crippen molar-refractivity contribution in [2.45, 2.75) is 17.7 Å². The van der Waals surface area contributed by atoms with Crippen LogP contribution in [-0.4, -0.2) is 24.4 Å². The Hall–Kier alpha value is -3.15. The molecule has 0 radical (unpaired) electrons. The molecule has 3 aromatic carbocycles. The maximum Gasteiger partial charge on any atom is 0.339 e. The molecule has 0 aromatic heterocycles. The number of rotatable bonds is 3. The molecule has 0 N–H and O–H groups in total. The molecule has 2 amide bonds. The van der Waals surface area contributed by atoms with Gasteiger partial charge in [-0.3, -0.25) is 9.59 Å². The van der Waals surface area contributed by atoms with Gasteiger partial charge in [0.15, 0.2) is 0 Å². The van der Waals surface area contributed by atoms with Crippen molar-refractivity contribution in [1.82, 2.24) is 0 Å². The standard InChI is InChI=1S/C27H19Cl2NO4/c1-2-34-26(33)17-13-14(11-12-20(17)28)30-24(31)22-21-15-7-3-5-9-18(15)27(29,23(22)25(30)32)19-10-6-4-8-16(19)21/h3-13,21-23H,2H2,1H3/t21?,22-,23+,27?/m1/s1. The molecule has 1 aliphatic heterocycles. The van der Waals surface area contributed by atoms with Crippen LogP contribution in [-0.2, 0) is 19.2 Å². The zero-order valence-corrected chi connectivity index (χ0v) is 19.6. The van der Waals surface area contributed by atoms with Crippen LogP contribution in [0.1, 0.15) is 45.5 Å². The molecule has 1 saturated heterocycles. The zero-order chi connectivity index (χ0) is 23.8. The summed E-state index contributed by atoms with van der Waals surface area (Å²) in [6.45, 7) is 1.87. The Morgan fingerprint density at radius 1 is 0.971 bits per heavy atom. The van der Waals surface area contributed by atoms with Crippen LogP contribution in [0.5, 0.6) is 0 Å². The molecule has 7 heteroatoms. The van der Waals surface area contributed by atoms with Crippen molar-refractivity contribution in [1.29, 1.82) is 0 Å². The van der Waals surface area contributed by atoms with Crippen LogP contribution < -0.4 is 4.90 Å². The van der Waals surface area contributed by atoms with Gasteiger partial charge in [0.1, 0.15) is 4.87 Å². The van der Waals surface area contributed by atoms with E-state index >= 15 is 0 Å². The molecular weight excluding hydrogens is 473 g/mol. The summed E-state index contributed by atoms with van der Waals surface area (Å²) >= 11 is 13.6. The summed E-state index contributed by atoms with van der Waals surface area (Å²) in [4.78, 5) is 40.2. The third-order valence-corrected chi connectivity index (χ3v) is 8.19. The lowest BCUT2D eigenvalue weighted by molar-refractivity contribution is -0.122. The Morgan fingerprint density at radius 2 is 1.59 bits per heavy atom. The fourth-order valence-corrected chi connectivity index (χ4v) is 6.72. The molecule has 2 atom stereocenters. The monoisotopic (exact) mass is 491 g/mol. The van der Waals surface area contributed by atoms with Crippen molar-refractivity contribution < 1.29 is 19.1 Å². The minimum atomic E-state index is -1.16. The van der Waals surface area contributed by atoms with Gasteiger partial charge in [-0.2, -0.15) is 0 Å². The van der Waals surface area contributed by atoms with E-state index in [1.54, 1.807) is 13.0 Å². The Bertz CT molecular complexity index is 1350. The molecule has 4 aliphatic rings. The fraction of sp³-hybridized carbons (Fsp3) is 0.222. The van der Waals surface area contributed by atoms with Crippen LogP contribution in [0.2, 0.25) is 5.02 Å². The number of carbonyl (C=O) groups is 3. The summed E-state index contributed by atoms with van der Waals surface area (Å²) < 4.78 is 5.09. The number of imide groups is 1. The second kappa shape index (κ2) is 7.42. The van der Waals surface area contributed by atoms with E-state index < -0.39 is 22.7 Å². The molecule has 7 rings (SSSR count). The average Bonchev–Trinajstić information content (AvgIpc) is 3.11. The van der Waals surface area contributed by atoms with Crippen molar-refractivity contribution in [3.8, 4) is 0 Å². The SMILES string of the molecule is CCOC(=O)c1cc(N2C(=O)[C@@H]3C4c5ccccc5C(Cl)(c5ccccc54)[C@@H]3C2=O)ccc1Cl. The van der Waals surface area contributed by atoms with Crippen molar-refractivity contribution in [3.63, 3.8) is 0 Å². The number of hydrogen-bond donors (Lipinski definition) is 0. The predicted molar refractivity (Wildman–Crippen MR) is 128 cm³/mol. The number of anilines is 1. The van der Waals surface area contributed by atoms with Gasteiger partial charge in [0.25, 0.3) is 0 Å². The number of alkyl halides is 1. The van der Waals surface area contributed by atoms with Crippen molar-refractivity contribution in [2.75, 3.05) is 11.5 Å². The van der Waals surface area contributed by atoms with Crippen LogP contribution in [0.4, 0.5) is 5.69 Å². The molecule has 170 valence electrons. The molecule has 1 fully saturated rings. The van der Waals surface area contributed by atoms with Gasteiger partial charge in [-0.1, -0.05) is 60.1 Å². The lowest BCUT2D eigenvalue weighted by Crippen LogP contribution is -2.50. The zero-order valence-electron chi connectivity index (χ0n) is 18.1. The van der Waals surface area contributed by atoms with E-state index in [1.165, 1.54) is 12.1 Å². The minimum Gasteiger partial charge on any atom is -0.462 e. The first-order valence-electron chi connectivity index (χ1n) is 11.1. The predicted octanol–water partition coefficient (Wildman–Crippen LogP) is 5.26. The molecular formula is C27H19Cl2NO4. The highest BCUT2D eigenvalue weighted by Gasteiger charge is 2.68. The van der Waals surface area contributed by atoms with E-state index in [-0.39, 0.29) is 40.6 Å². The van der Waals surface area contributed by atoms with Gasteiger partial charge in [-0.15, -0.1) is 11.6 Å². The summed E-state index contributed by atoms with van der Waals surface area (Å²) in [5.74, 6) is -3.01. The van der Waals surface area contributed by atoms with Crippen LogP contribution in [0, 0.1) is 11.8 Å². The second-order valence-corrected chi connectivity index (χ2v) is 9.77. The van der Waals surface area contributed by atoms with Crippen LogP contribution in [0.15, 0.2) is 66.7 Å². The van der Waals surface area contributed by atoms with Crippen molar-refractivity contribution in [2.24, 2.45) is 11.8 Å². The largest absolute Gasteiger partial charge is 0.462 e. The number of esters is 1. The Balaban J connectivity index is 1.52. The normalized spacial score (nSPS) is 26.2. The molecule has 5 nitrogen and oxygen atoms in total. The molecule has 34 heavy (non-hydrogen) atoms. The summed E-state index contributed by atoms with van der Waals surface area (Å²) in [6.07, 6.45) is 0. The van der Waals surface area contributed by atoms with Crippen molar-refractivity contribution >= 4 is 46.7 Å². The van der Waals surface area contributed by atoms with E-state index in [9.17, 15) is 14.4 Å². The molecule has 1 heterocycles. The lowest BCUT2D eigenvalue weighted by Gasteiger charge is -2.50. The van der Waals surface area contributed by atoms with E-state index in [4.69, 9.17) is 27.9 Å². The van der Waals surface area contributed by atoms with E-state index in [0.29, 0.717) is 0 Å². The Kier molecular flexibility index (Phi) is 4.67. The highest BCUT2D eigenvalue weighted by atomic mass is 35.5. The van der Waals surface area contributed by atoms with Gasteiger partial charge in [0.2, 0.25) is 11.8 Å². The highest BCUT2D eigenvalue weighted by molar-refractivity contribution is 6.35. The Labute approximate surface area is 206 Å². The first-order chi connectivity index (χ1) is 16.4. The Morgan fingerprint density at radius 3 is 2.21 bits per heavy atom. The third-order valence-electron chi connectivity index (χ3n) is 7.22. The first-order valence-corrected chi connectivity index (χ1v) is 11.9. The smallest absolute Gasteiger partial charge is 0.339 e. The van der Waals surface area contributed by atoms with Gasteiger partial charge in [0.05, 0.1) is 34.7 Å². The lowest BCUT2D eigenvalue weighted by atomic mass is 9.54. The molecule has 0 unspecified atom stereocenters. The summed E-state index contributed by atoms with van der Waals surface area (Å²) in [5.41, 5.74) is 4.07. The summed E-state index contributed by atoms with van der Waals surface area (Å²) in [7, 11) is 0. The molecule has 2 bridgehead atoms. The highest BCUT2D eigenvalue weighted by Crippen LogP contribution is 2.65. The number of benzene rings is 3. The third kappa shape index (κ3) is 2.60. The number of hydrogen-bond acceptors (Lipinski definition) is 4. The molecule has 0 spiro atoms. The number of amides is 2. The van der Waals surface area contributed by atoms with Crippen LogP contribution in [0.3, 0.4) is 0 Å². The maximum atomic E-state index is 13.9. The molecule has 3 aliphatic carbocycles. The number of ether oxygens (including phenoxy) is 1.